The van der Waals surface area contributed by atoms with Crippen LogP contribution < -0.4 is 9.64 Å². The molecule has 6 nitrogen and oxygen atoms in total. The maximum atomic E-state index is 12.5. The molecule has 2 heterocycles. The van der Waals surface area contributed by atoms with Crippen LogP contribution in [0.3, 0.4) is 0 Å². The number of rotatable bonds is 3. The number of nitrogens with zero attached hydrogens (tertiary/aromatic N) is 5. The largest absolute Gasteiger partial charge is 0.573 e. The summed E-state index contributed by atoms with van der Waals surface area (Å²) in [5, 5.41) is 8.65. The van der Waals surface area contributed by atoms with E-state index >= 15 is 0 Å². The molecule has 0 saturated carbocycles. The number of aromatic nitrogens is 4. The van der Waals surface area contributed by atoms with Crippen LogP contribution in [0.2, 0.25) is 0 Å². The molecule has 0 radical (unpaired) electrons. The van der Waals surface area contributed by atoms with E-state index in [4.69, 9.17) is 0 Å². The van der Waals surface area contributed by atoms with E-state index in [0.717, 1.165) is 10.9 Å². The van der Waals surface area contributed by atoms with Gasteiger partial charge in [0.15, 0.2) is 0 Å². The molecule has 2 aromatic carbocycles. The van der Waals surface area contributed by atoms with Gasteiger partial charge in [0.05, 0.1) is 5.52 Å². The zero-order chi connectivity index (χ0) is 18.3. The van der Waals surface area contributed by atoms with Crippen molar-refractivity contribution in [3.05, 3.63) is 54.9 Å². The third-order valence-corrected chi connectivity index (χ3v) is 3.90. The van der Waals surface area contributed by atoms with Crippen LogP contribution in [0.25, 0.3) is 16.7 Å². The Morgan fingerprint density at radius 3 is 2.69 bits per heavy atom. The van der Waals surface area contributed by atoms with E-state index < -0.39 is 6.36 Å². The summed E-state index contributed by atoms with van der Waals surface area (Å²) in [6, 6.07) is 13.2. The number of anilines is 2. The second kappa shape index (κ2) is 5.87. The van der Waals surface area contributed by atoms with Crippen LogP contribution in [0.5, 0.6) is 5.75 Å². The van der Waals surface area contributed by atoms with E-state index in [9.17, 15) is 13.2 Å². The van der Waals surface area contributed by atoms with Gasteiger partial charge in [-0.05, 0) is 24.3 Å². The number of halogens is 3. The zero-order valence-corrected chi connectivity index (χ0v) is 13.5. The fourth-order valence-corrected chi connectivity index (χ4v) is 2.77. The van der Waals surface area contributed by atoms with Crippen molar-refractivity contribution < 1.29 is 17.9 Å². The highest BCUT2D eigenvalue weighted by molar-refractivity contribution is 5.93. The molecular weight excluding hydrogens is 347 g/mol. The van der Waals surface area contributed by atoms with Crippen molar-refractivity contribution in [2.24, 2.45) is 0 Å². The van der Waals surface area contributed by atoms with E-state index in [1.807, 2.05) is 24.3 Å². The van der Waals surface area contributed by atoms with Crippen LogP contribution >= 0.6 is 0 Å². The number of ether oxygens (including phenoxy) is 1. The number of alkyl halides is 3. The highest BCUT2D eigenvalue weighted by Gasteiger charge is 2.31. The molecule has 0 bridgehead atoms. The first-order valence-corrected chi connectivity index (χ1v) is 7.60. The summed E-state index contributed by atoms with van der Waals surface area (Å²) < 4.78 is 43.2. The monoisotopic (exact) mass is 359 g/mol. The lowest BCUT2D eigenvalue weighted by Gasteiger charge is -2.21. The van der Waals surface area contributed by atoms with Gasteiger partial charge in [-0.3, -0.25) is 4.40 Å². The van der Waals surface area contributed by atoms with Gasteiger partial charge in [0.1, 0.15) is 17.9 Å². The van der Waals surface area contributed by atoms with Crippen LogP contribution in [0.1, 0.15) is 0 Å². The van der Waals surface area contributed by atoms with Gasteiger partial charge in [-0.25, -0.2) is 0 Å². The van der Waals surface area contributed by atoms with E-state index in [2.05, 4.69) is 19.9 Å². The Hall–Kier alpha value is -3.36. The average Bonchev–Trinajstić information content (AvgIpc) is 3.08. The lowest BCUT2D eigenvalue weighted by molar-refractivity contribution is -0.274. The summed E-state index contributed by atoms with van der Waals surface area (Å²) in [6.45, 7) is 0. The summed E-state index contributed by atoms with van der Waals surface area (Å²) in [4.78, 5) is 6.18. The van der Waals surface area contributed by atoms with Crippen molar-refractivity contribution >= 4 is 28.2 Å². The fourth-order valence-electron chi connectivity index (χ4n) is 2.77. The number of benzene rings is 2. The van der Waals surface area contributed by atoms with E-state index in [0.29, 0.717) is 17.3 Å². The van der Waals surface area contributed by atoms with Gasteiger partial charge >= 0.3 is 6.36 Å². The summed E-state index contributed by atoms with van der Waals surface area (Å²) in [5.41, 5.74) is 1.33. The van der Waals surface area contributed by atoms with Gasteiger partial charge in [0, 0.05) is 24.2 Å². The van der Waals surface area contributed by atoms with E-state index in [1.165, 1.54) is 18.2 Å². The molecule has 0 unspecified atom stereocenters. The predicted molar refractivity (Wildman–Crippen MR) is 89.5 cm³/mol. The highest BCUT2D eigenvalue weighted by atomic mass is 19.4. The first-order valence-electron chi connectivity index (χ1n) is 7.60. The molecule has 0 aliphatic rings. The van der Waals surface area contributed by atoms with Gasteiger partial charge in [0.2, 0.25) is 0 Å². The van der Waals surface area contributed by atoms with Crippen LogP contribution in [-0.2, 0) is 0 Å². The van der Waals surface area contributed by atoms with Gasteiger partial charge in [-0.1, -0.05) is 18.2 Å². The normalized spacial score (nSPS) is 11.8. The molecule has 132 valence electrons. The molecule has 0 spiro atoms. The third-order valence-electron chi connectivity index (χ3n) is 3.90. The number of fused-ring (bicyclic) bond motifs is 3. The van der Waals surface area contributed by atoms with Crippen molar-refractivity contribution in [3.63, 3.8) is 0 Å². The molecule has 0 amide bonds. The Balaban J connectivity index is 1.83. The Kier molecular flexibility index (Phi) is 3.64. The summed E-state index contributed by atoms with van der Waals surface area (Å²) in [7, 11) is 1.72. The molecule has 0 atom stereocenters. The SMILES string of the molecule is CN(c1cccc(OC(F)(F)F)c1)c1nc2nncn2c2ccccc12. The first kappa shape index (κ1) is 16.1. The van der Waals surface area contributed by atoms with Crippen molar-refractivity contribution in [2.45, 2.75) is 6.36 Å². The highest BCUT2D eigenvalue weighted by Crippen LogP contribution is 2.32. The molecule has 4 rings (SSSR count). The fraction of sp³-hybridized carbons (Fsp3) is 0.118. The molecule has 4 aromatic rings. The first-order chi connectivity index (χ1) is 12.4. The molecule has 0 N–H and O–H groups in total. The Bertz CT molecular complexity index is 1090. The topological polar surface area (TPSA) is 55.5 Å². The molecule has 2 aromatic heterocycles. The van der Waals surface area contributed by atoms with Gasteiger partial charge in [-0.15, -0.1) is 23.4 Å². The molecule has 9 heteroatoms. The number of para-hydroxylation sites is 1. The number of hydrogen-bond donors (Lipinski definition) is 0. The van der Waals surface area contributed by atoms with Gasteiger partial charge in [0.25, 0.3) is 5.78 Å². The predicted octanol–water partition coefficient (Wildman–Crippen LogP) is 3.94. The molecular formula is C17H12F3N5O. The van der Waals surface area contributed by atoms with Crippen molar-refractivity contribution in [2.75, 3.05) is 11.9 Å². The maximum absolute atomic E-state index is 12.5. The minimum atomic E-state index is -4.75. The lowest BCUT2D eigenvalue weighted by Crippen LogP contribution is -2.18. The van der Waals surface area contributed by atoms with Gasteiger partial charge < -0.3 is 9.64 Å². The molecule has 0 saturated heterocycles. The maximum Gasteiger partial charge on any atom is 0.573 e. The quantitative estimate of drug-likeness (QED) is 0.555. The molecule has 0 fully saturated rings. The van der Waals surface area contributed by atoms with Crippen molar-refractivity contribution in [3.8, 4) is 5.75 Å². The molecule has 26 heavy (non-hydrogen) atoms. The average molecular weight is 359 g/mol. The Morgan fingerprint density at radius 2 is 1.88 bits per heavy atom. The number of hydrogen-bond acceptors (Lipinski definition) is 5. The Labute approximate surface area is 145 Å². The molecule has 0 aliphatic carbocycles. The lowest BCUT2D eigenvalue weighted by atomic mass is 10.2. The third kappa shape index (κ3) is 2.87. The van der Waals surface area contributed by atoms with Crippen molar-refractivity contribution in [1.29, 1.82) is 0 Å². The Morgan fingerprint density at radius 1 is 1.08 bits per heavy atom. The van der Waals surface area contributed by atoms with Crippen LogP contribution in [0.15, 0.2) is 54.9 Å². The van der Waals surface area contributed by atoms with E-state index in [-0.39, 0.29) is 5.75 Å². The molecule has 0 aliphatic heterocycles. The smallest absolute Gasteiger partial charge is 0.406 e. The van der Waals surface area contributed by atoms with E-state index in [1.54, 1.807) is 28.7 Å². The zero-order valence-electron chi connectivity index (χ0n) is 13.5. The van der Waals surface area contributed by atoms with Crippen LogP contribution in [0.4, 0.5) is 24.7 Å². The minimum Gasteiger partial charge on any atom is -0.406 e. The summed E-state index contributed by atoms with van der Waals surface area (Å²) in [5.74, 6) is 0.646. The van der Waals surface area contributed by atoms with Crippen LogP contribution in [0, 0.1) is 0 Å². The standard InChI is InChI=1S/C17H12F3N5O/c1-24(11-5-4-6-12(9-11)26-17(18,19)20)15-13-7-2-3-8-14(13)25-10-21-23-16(25)22-15/h2-10H,1H3. The summed E-state index contributed by atoms with van der Waals surface area (Å²) >= 11 is 0. The second-order valence-electron chi connectivity index (χ2n) is 5.56. The summed E-state index contributed by atoms with van der Waals surface area (Å²) in [6.07, 6.45) is -3.19. The van der Waals surface area contributed by atoms with Gasteiger partial charge in [-0.2, -0.15) is 4.98 Å². The van der Waals surface area contributed by atoms with Crippen LogP contribution in [-0.4, -0.2) is 33.0 Å². The minimum absolute atomic E-state index is 0.297. The second-order valence-corrected chi connectivity index (χ2v) is 5.56. The van der Waals surface area contributed by atoms with Crippen molar-refractivity contribution in [1.82, 2.24) is 19.6 Å².